The molecule has 2 heterocycles. The van der Waals surface area contributed by atoms with Crippen LogP contribution in [0.25, 0.3) is 0 Å². The normalized spacial score (nSPS) is 18.4. The van der Waals surface area contributed by atoms with Crippen molar-refractivity contribution in [3.8, 4) is 0 Å². The van der Waals surface area contributed by atoms with Crippen molar-refractivity contribution >= 4 is 11.9 Å². The van der Waals surface area contributed by atoms with E-state index < -0.39 is 0 Å². The quantitative estimate of drug-likeness (QED) is 0.844. The van der Waals surface area contributed by atoms with Crippen molar-refractivity contribution in [3.63, 3.8) is 0 Å². The predicted molar refractivity (Wildman–Crippen MR) is 103 cm³/mol. The molecule has 1 amide bonds. The number of piperidine rings is 1. The number of benzene rings is 1. The Kier molecular flexibility index (Phi) is 6.34. The van der Waals surface area contributed by atoms with Crippen molar-refractivity contribution < 1.29 is 9.18 Å². The van der Waals surface area contributed by atoms with Crippen LogP contribution >= 0.6 is 0 Å². The second kappa shape index (κ2) is 8.90. The largest absolute Gasteiger partial charge is 0.354 e. The molecule has 1 N–H and O–H groups in total. The first kappa shape index (κ1) is 19.2. The van der Waals surface area contributed by atoms with E-state index in [2.05, 4.69) is 20.2 Å². The number of nitrogens with one attached hydrogen (secondary N) is 1. The van der Waals surface area contributed by atoms with Crippen molar-refractivity contribution in [2.45, 2.75) is 18.9 Å². The van der Waals surface area contributed by atoms with Crippen molar-refractivity contribution in [2.24, 2.45) is 5.92 Å². The van der Waals surface area contributed by atoms with Crippen LogP contribution in [0.1, 0.15) is 24.4 Å². The van der Waals surface area contributed by atoms with Gasteiger partial charge in [0.15, 0.2) is 0 Å². The van der Waals surface area contributed by atoms with Crippen LogP contribution in [0.4, 0.5) is 10.3 Å². The highest BCUT2D eigenvalue weighted by atomic mass is 19.1. The molecule has 7 heteroatoms. The van der Waals surface area contributed by atoms with E-state index >= 15 is 0 Å². The Bertz CT molecular complexity index is 755. The van der Waals surface area contributed by atoms with Crippen LogP contribution in [-0.2, 0) is 4.79 Å². The monoisotopic (exact) mass is 371 g/mol. The molecule has 2 atom stereocenters. The van der Waals surface area contributed by atoms with E-state index in [0.717, 1.165) is 24.9 Å². The molecule has 0 bridgehead atoms. The molecule has 1 aliphatic rings. The molecule has 1 aromatic heterocycles. The van der Waals surface area contributed by atoms with Gasteiger partial charge in [-0.3, -0.25) is 4.79 Å². The van der Waals surface area contributed by atoms with Crippen LogP contribution in [0.2, 0.25) is 0 Å². The fourth-order valence-corrected chi connectivity index (χ4v) is 3.48. The Labute approximate surface area is 159 Å². The number of rotatable bonds is 6. The number of amides is 1. The number of hydrogen-bond acceptors (Lipinski definition) is 5. The minimum absolute atomic E-state index is 0.0267. The molecule has 1 aliphatic heterocycles. The Morgan fingerprint density at radius 2 is 2.11 bits per heavy atom. The van der Waals surface area contributed by atoms with Crippen LogP contribution in [-0.4, -0.2) is 54.5 Å². The Hall–Kier alpha value is -2.54. The number of aromatic nitrogens is 2. The fourth-order valence-electron chi connectivity index (χ4n) is 3.48. The molecular formula is C20H26FN5O. The topological polar surface area (TPSA) is 61.4 Å². The summed E-state index contributed by atoms with van der Waals surface area (Å²) in [6.07, 6.45) is 5.21. The van der Waals surface area contributed by atoms with Crippen molar-refractivity contribution in [3.05, 3.63) is 54.1 Å². The van der Waals surface area contributed by atoms with Gasteiger partial charge in [-0.1, -0.05) is 12.1 Å². The maximum absolute atomic E-state index is 13.6. The highest BCUT2D eigenvalue weighted by molar-refractivity contribution is 5.79. The van der Waals surface area contributed by atoms with E-state index in [9.17, 15) is 9.18 Å². The first-order chi connectivity index (χ1) is 13.0. The zero-order valence-electron chi connectivity index (χ0n) is 15.8. The Morgan fingerprint density at radius 3 is 2.81 bits per heavy atom. The maximum atomic E-state index is 13.6. The number of carbonyl (C=O) groups excluding carboxylic acids is 1. The summed E-state index contributed by atoms with van der Waals surface area (Å²) in [4.78, 5) is 25.3. The summed E-state index contributed by atoms with van der Waals surface area (Å²) in [5.74, 6) is 0.328. The van der Waals surface area contributed by atoms with Crippen molar-refractivity contribution in [2.75, 3.05) is 38.6 Å². The number of nitrogens with zero attached hydrogens (tertiary/aromatic N) is 4. The molecule has 0 saturated carbocycles. The third-order valence-corrected chi connectivity index (χ3v) is 4.95. The van der Waals surface area contributed by atoms with Crippen LogP contribution in [0.3, 0.4) is 0 Å². The van der Waals surface area contributed by atoms with Crippen LogP contribution < -0.4 is 10.2 Å². The van der Waals surface area contributed by atoms with E-state index in [1.807, 2.05) is 25.1 Å². The molecule has 2 aromatic rings. The van der Waals surface area contributed by atoms with E-state index in [-0.39, 0.29) is 23.7 Å². The molecule has 144 valence electrons. The number of anilines is 1. The van der Waals surface area contributed by atoms with Gasteiger partial charge >= 0.3 is 0 Å². The minimum Gasteiger partial charge on any atom is -0.354 e. The number of hydrogen-bond donors (Lipinski definition) is 1. The van der Waals surface area contributed by atoms with E-state index in [4.69, 9.17) is 0 Å². The number of carbonyl (C=O) groups is 1. The summed E-state index contributed by atoms with van der Waals surface area (Å²) >= 11 is 0. The molecule has 27 heavy (non-hydrogen) atoms. The van der Waals surface area contributed by atoms with Gasteiger partial charge in [0.05, 0.1) is 12.0 Å². The summed E-state index contributed by atoms with van der Waals surface area (Å²) in [5.41, 5.74) is 0.850. The molecule has 0 aliphatic carbocycles. The highest BCUT2D eigenvalue weighted by Crippen LogP contribution is 2.21. The minimum atomic E-state index is -0.267. The number of halogens is 1. The van der Waals surface area contributed by atoms with Gasteiger partial charge in [0, 0.05) is 32.0 Å². The molecule has 6 nitrogen and oxygen atoms in total. The summed E-state index contributed by atoms with van der Waals surface area (Å²) in [6, 6.07) is 8.23. The van der Waals surface area contributed by atoms with Crippen LogP contribution in [0.5, 0.6) is 0 Å². The van der Waals surface area contributed by atoms with Gasteiger partial charge in [-0.25, -0.2) is 14.4 Å². The lowest BCUT2D eigenvalue weighted by molar-refractivity contribution is -0.125. The van der Waals surface area contributed by atoms with Crippen LogP contribution in [0, 0.1) is 11.7 Å². The summed E-state index contributed by atoms with van der Waals surface area (Å²) in [6.45, 7) is 1.91. The number of likely N-dealkylation sites (N-methyl/N-ethyl adjacent to an activating group) is 1. The molecule has 1 fully saturated rings. The summed E-state index contributed by atoms with van der Waals surface area (Å²) < 4.78 is 13.6. The third kappa shape index (κ3) is 5.01. The average molecular weight is 371 g/mol. The average Bonchev–Trinajstić information content (AvgIpc) is 2.68. The standard InChI is InChI=1S/C20H26FN5O/c1-25(2)18(15-6-3-8-17(21)12-15)13-24-19(27)16-7-4-11-26(14-16)20-22-9-5-10-23-20/h3,5-6,8-10,12,16,18H,4,7,11,13-14H2,1-2H3,(H,24,27). The van der Waals surface area contributed by atoms with Gasteiger partial charge < -0.3 is 15.1 Å². The lowest BCUT2D eigenvalue weighted by Gasteiger charge is -2.32. The Balaban J connectivity index is 1.60. The molecular weight excluding hydrogens is 345 g/mol. The SMILES string of the molecule is CN(C)C(CNC(=O)C1CCCN(c2ncccn2)C1)c1cccc(F)c1. The fraction of sp³-hybridized carbons (Fsp3) is 0.450. The molecule has 1 aromatic carbocycles. The Morgan fingerprint density at radius 1 is 1.33 bits per heavy atom. The molecule has 0 radical (unpaired) electrons. The van der Waals surface area contributed by atoms with Gasteiger partial charge in [0.2, 0.25) is 11.9 Å². The predicted octanol–water partition coefficient (Wildman–Crippen LogP) is 2.25. The van der Waals surface area contributed by atoms with Gasteiger partial charge in [0.1, 0.15) is 5.82 Å². The summed E-state index contributed by atoms with van der Waals surface area (Å²) in [7, 11) is 3.85. The van der Waals surface area contributed by atoms with Gasteiger partial charge in [-0.15, -0.1) is 0 Å². The first-order valence-corrected chi connectivity index (χ1v) is 9.26. The molecule has 1 saturated heterocycles. The van der Waals surface area contributed by atoms with E-state index in [1.165, 1.54) is 12.1 Å². The third-order valence-electron chi connectivity index (χ3n) is 4.95. The zero-order chi connectivity index (χ0) is 19.2. The lowest BCUT2D eigenvalue weighted by Crippen LogP contribution is -2.45. The van der Waals surface area contributed by atoms with Gasteiger partial charge in [-0.2, -0.15) is 0 Å². The summed E-state index contributed by atoms with van der Waals surface area (Å²) in [5, 5.41) is 3.05. The van der Waals surface area contributed by atoms with E-state index in [0.29, 0.717) is 19.0 Å². The first-order valence-electron chi connectivity index (χ1n) is 9.26. The van der Waals surface area contributed by atoms with Gasteiger partial charge in [0.25, 0.3) is 0 Å². The lowest BCUT2D eigenvalue weighted by atomic mass is 9.97. The zero-order valence-corrected chi connectivity index (χ0v) is 15.8. The van der Waals surface area contributed by atoms with Crippen LogP contribution in [0.15, 0.2) is 42.7 Å². The van der Waals surface area contributed by atoms with Gasteiger partial charge in [-0.05, 0) is 50.7 Å². The highest BCUT2D eigenvalue weighted by Gasteiger charge is 2.27. The molecule has 0 spiro atoms. The smallest absolute Gasteiger partial charge is 0.225 e. The second-order valence-corrected chi connectivity index (χ2v) is 7.11. The maximum Gasteiger partial charge on any atom is 0.225 e. The molecule has 2 unspecified atom stereocenters. The molecule has 3 rings (SSSR count). The second-order valence-electron chi connectivity index (χ2n) is 7.11. The van der Waals surface area contributed by atoms with Crippen molar-refractivity contribution in [1.82, 2.24) is 20.2 Å². The van der Waals surface area contributed by atoms with Crippen molar-refractivity contribution in [1.29, 1.82) is 0 Å². The van der Waals surface area contributed by atoms with E-state index in [1.54, 1.807) is 24.5 Å².